The molecule has 1 amide bonds. The van der Waals surface area contributed by atoms with Crippen molar-refractivity contribution in [2.45, 2.75) is 51.0 Å². The number of pyridine rings is 1. The first kappa shape index (κ1) is 16.7. The molecule has 3 aliphatic carbocycles. The smallest absolute Gasteiger partial charge is 0.309 e. The lowest BCUT2D eigenvalue weighted by atomic mass is 9.57. The van der Waals surface area contributed by atoms with Crippen LogP contribution in [0.1, 0.15) is 55.8 Å². The van der Waals surface area contributed by atoms with E-state index in [0.717, 1.165) is 0 Å². The number of aliphatic carboxylic acids is 1. The maximum atomic E-state index is 14.3. The average molecular weight is 336 g/mol. The van der Waals surface area contributed by atoms with Gasteiger partial charge < -0.3 is 15.2 Å². The van der Waals surface area contributed by atoms with Gasteiger partial charge in [-0.05, 0) is 51.5 Å². The molecule has 0 saturated heterocycles. The van der Waals surface area contributed by atoms with Crippen LogP contribution >= 0.6 is 0 Å². The maximum absolute atomic E-state index is 14.3. The highest BCUT2D eigenvalue weighted by Gasteiger charge is 2.53. The number of amides is 1. The van der Waals surface area contributed by atoms with Crippen molar-refractivity contribution in [1.82, 2.24) is 10.3 Å². The van der Waals surface area contributed by atoms with Crippen LogP contribution in [0.5, 0.6) is 5.88 Å². The predicted molar refractivity (Wildman–Crippen MR) is 83.3 cm³/mol. The molecule has 0 atom stereocenters. The van der Waals surface area contributed by atoms with Crippen LogP contribution in [0.3, 0.4) is 0 Å². The second-order valence-electron chi connectivity index (χ2n) is 6.73. The number of fused-ring (bicyclic) bond motifs is 3. The highest BCUT2D eigenvalue weighted by molar-refractivity contribution is 5.95. The van der Waals surface area contributed by atoms with Crippen molar-refractivity contribution in [2.24, 2.45) is 5.41 Å². The van der Waals surface area contributed by atoms with Crippen molar-refractivity contribution in [3.8, 4) is 5.88 Å². The van der Waals surface area contributed by atoms with Crippen LogP contribution < -0.4 is 10.1 Å². The van der Waals surface area contributed by atoms with Gasteiger partial charge in [0.25, 0.3) is 11.8 Å². The second-order valence-corrected chi connectivity index (χ2v) is 6.73. The molecule has 2 bridgehead atoms. The number of carbonyl (C=O) groups is 2. The molecule has 24 heavy (non-hydrogen) atoms. The molecule has 130 valence electrons. The van der Waals surface area contributed by atoms with Crippen molar-refractivity contribution in [3.63, 3.8) is 0 Å². The Hall–Kier alpha value is -2.18. The minimum atomic E-state index is -0.764. The third kappa shape index (κ3) is 2.72. The summed E-state index contributed by atoms with van der Waals surface area (Å²) in [4.78, 5) is 27.8. The quantitative estimate of drug-likeness (QED) is 0.862. The van der Waals surface area contributed by atoms with Crippen molar-refractivity contribution in [2.75, 3.05) is 6.61 Å². The molecule has 0 aliphatic heterocycles. The molecule has 1 aromatic rings. The van der Waals surface area contributed by atoms with E-state index in [1.54, 1.807) is 6.92 Å². The summed E-state index contributed by atoms with van der Waals surface area (Å²) >= 11 is 0. The zero-order valence-electron chi connectivity index (χ0n) is 13.6. The molecule has 4 rings (SSSR count). The van der Waals surface area contributed by atoms with Crippen molar-refractivity contribution in [1.29, 1.82) is 0 Å². The van der Waals surface area contributed by atoms with Crippen molar-refractivity contribution in [3.05, 3.63) is 23.6 Å². The molecule has 3 fully saturated rings. The molecule has 0 aromatic carbocycles. The van der Waals surface area contributed by atoms with Crippen molar-refractivity contribution >= 4 is 11.9 Å². The highest BCUT2D eigenvalue weighted by Crippen LogP contribution is 2.52. The van der Waals surface area contributed by atoms with Gasteiger partial charge in [-0.15, -0.1) is 0 Å². The Bertz CT molecular complexity index is 652. The van der Waals surface area contributed by atoms with Gasteiger partial charge in [0, 0.05) is 11.7 Å². The fourth-order valence-corrected chi connectivity index (χ4v) is 3.84. The van der Waals surface area contributed by atoms with Crippen LogP contribution in [0.2, 0.25) is 0 Å². The van der Waals surface area contributed by atoms with Gasteiger partial charge in [-0.1, -0.05) is 0 Å². The largest absolute Gasteiger partial charge is 0.481 e. The van der Waals surface area contributed by atoms with Crippen LogP contribution in [0.15, 0.2) is 12.3 Å². The number of carboxylic acid groups (broad SMARTS) is 1. The van der Waals surface area contributed by atoms with Crippen LogP contribution in [-0.2, 0) is 4.79 Å². The Balaban J connectivity index is 1.75. The Kier molecular flexibility index (Phi) is 4.19. The summed E-state index contributed by atoms with van der Waals surface area (Å²) in [5.41, 5.74) is -1.17. The van der Waals surface area contributed by atoms with E-state index in [9.17, 15) is 19.1 Å². The number of hydrogen-bond donors (Lipinski definition) is 2. The maximum Gasteiger partial charge on any atom is 0.309 e. The number of ether oxygens (including phenoxy) is 1. The van der Waals surface area contributed by atoms with E-state index in [4.69, 9.17) is 4.74 Å². The summed E-state index contributed by atoms with van der Waals surface area (Å²) in [6.45, 7) is 1.97. The van der Waals surface area contributed by atoms with Crippen molar-refractivity contribution < 1.29 is 23.8 Å². The number of nitrogens with zero attached hydrogens (tertiary/aromatic N) is 1. The Morgan fingerprint density at radius 3 is 2.46 bits per heavy atom. The summed E-state index contributed by atoms with van der Waals surface area (Å²) in [5.74, 6) is -2.19. The molecule has 1 heterocycles. The molecule has 0 unspecified atom stereocenters. The molecule has 3 saturated carbocycles. The fraction of sp³-hybridized carbons (Fsp3) is 0.588. The van der Waals surface area contributed by atoms with E-state index < -0.39 is 28.6 Å². The van der Waals surface area contributed by atoms with Gasteiger partial charge in [-0.25, -0.2) is 9.37 Å². The van der Waals surface area contributed by atoms with E-state index in [1.807, 2.05) is 0 Å². The van der Waals surface area contributed by atoms with Crippen LogP contribution in [0.25, 0.3) is 0 Å². The predicted octanol–water partition coefficient (Wildman–Crippen LogP) is 2.53. The number of aromatic nitrogens is 1. The number of carboxylic acids is 1. The standard InChI is InChI=1S/C17H21FN2O4/c1-2-24-14-12(18)11(3-10-19-14)13(21)20-17-7-4-16(5-8-17,6-9-17)15(22)23/h3,10H,2,4-9H2,1H3,(H,20,21)(H,22,23). The Morgan fingerprint density at radius 2 is 1.92 bits per heavy atom. The van der Waals surface area contributed by atoms with Gasteiger partial charge in [-0.3, -0.25) is 9.59 Å². The lowest BCUT2D eigenvalue weighted by Crippen LogP contribution is -2.58. The third-order valence-electron chi connectivity index (χ3n) is 5.46. The zero-order chi connectivity index (χ0) is 17.4. The first-order valence-electron chi connectivity index (χ1n) is 8.25. The molecular weight excluding hydrogens is 315 g/mol. The number of nitrogens with one attached hydrogen (secondary N) is 1. The van der Waals surface area contributed by atoms with Gasteiger partial charge in [0.15, 0.2) is 5.82 Å². The van der Waals surface area contributed by atoms with Gasteiger partial charge >= 0.3 is 5.97 Å². The third-order valence-corrected chi connectivity index (χ3v) is 5.46. The Labute approximate surface area is 139 Å². The van der Waals surface area contributed by atoms with Gasteiger partial charge in [0.1, 0.15) is 0 Å². The number of carbonyl (C=O) groups excluding carboxylic acids is 1. The number of rotatable bonds is 5. The second kappa shape index (κ2) is 6.03. The summed E-state index contributed by atoms with van der Waals surface area (Å²) < 4.78 is 19.4. The van der Waals surface area contributed by atoms with Gasteiger partial charge in [-0.2, -0.15) is 0 Å². The van der Waals surface area contributed by atoms with E-state index in [1.165, 1.54) is 12.3 Å². The molecular formula is C17H21FN2O4. The minimum Gasteiger partial charge on any atom is -0.481 e. The average Bonchev–Trinajstić information content (AvgIpc) is 2.58. The molecule has 0 spiro atoms. The molecule has 0 radical (unpaired) electrons. The summed E-state index contributed by atoms with van der Waals surface area (Å²) in [5, 5.41) is 12.4. The summed E-state index contributed by atoms with van der Waals surface area (Å²) in [6.07, 6.45) is 4.81. The lowest BCUT2D eigenvalue weighted by Gasteiger charge is -2.51. The van der Waals surface area contributed by atoms with E-state index in [0.29, 0.717) is 38.5 Å². The van der Waals surface area contributed by atoms with Crippen LogP contribution in [0, 0.1) is 11.2 Å². The molecule has 2 N–H and O–H groups in total. The normalized spacial score (nSPS) is 28.4. The van der Waals surface area contributed by atoms with Crippen LogP contribution in [-0.4, -0.2) is 34.1 Å². The minimum absolute atomic E-state index is 0.0940. The molecule has 3 aliphatic rings. The Morgan fingerprint density at radius 1 is 1.29 bits per heavy atom. The highest BCUT2D eigenvalue weighted by atomic mass is 19.1. The SMILES string of the molecule is CCOc1nccc(C(=O)NC23CCC(C(=O)O)(CC2)CC3)c1F. The monoisotopic (exact) mass is 336 g/mol. The molecule has 6 nitrogen and oxygen atoms in total. The zero-order valence-corrected chi connectivity index (χ0v) is 13.6. The molecule has 1 aromatic heterocycles. The topological polar surface area (TPSA) is 88.5 Å². The van der Waals surface area contributed by atoms with Crippen LogP contribution in [0.4, 0.5) is 4.39 Å². The lowest BCUT2D eigenvalue weighted by molar-refractivity contribution is -0.156. The van der Waals surface area contributed by atoms with Gasteiger partial charge in [0.05, 0.1) is 17.6 Å². The van der Waals surface area contributed by atoms with E-state index in [2.05, 4.69) is 10.3 Å². The fourth-order valence-electron chi connectivity index (χ4n) is 3.84. The first-order chi connectivity index (χ1) is 11.4. The number of hydrogen-bond acceptors (Lipinski definition) is 4. The number of halogens is 1. The van der Waals surface area contributed by atoms with Gasteiger partial charge in [0.2, 0.25) is 0 Å². The summed E-state index contributed by atoms with van der Waals surface area (Å²) in [7, 11) is 0. The van der Waals surface area contributed by atoms with E-state index in [-0.39, 0.29) is 18.1 Å². The molecule has 7 heteroatoms. The summed E-state index contributed by atoms with van der Waals surface area (Å²) in [6, 6.07) is 1.33. The first-order valence-corrected chi connectivity index (χ1v) is 8.25. The van der Waals surface area contributed by atoms with E-state index >= 15 is 0 Å².